The molecule has 1 atom stereocenters. The van der Waals surface area contributed by atoms with E-state index in [2.05, 4.69) is 34.3 Å². The van der Waals surface area contributed by atoms with Crippen LogP contribution in [0.2, 0.25) is 0 Å². The van der Waals surface area contributed by atoms with Crippen molar-refractivity contribution in [3.8, 4) is 0 Å². The molecule has 1 aliphatic heterocycles. The summed E-state index contributed by atoms with van der Waals surface area (Å²) in [6.07, 6.45) is 4.08. The lowest BCUT2D eigenvalue weighted by Gasteiger charge is -2.31. The highest BCUT2D eigenvalue weighted by Crippen LogP contribution is 2.26. The first kappa shape index (κ1) is 17.0. The number of carboxylic acid groups (broad SMARTS) is 1. The molecular weight excluding hydrogens is 322 g/mol. The Labute approximate surface area is 146 Å². The second kappa shape index (κ2) is 8.35. The number of thioether (sulfide) groups is 1. The van der Waals surface area contributed by atoms with Gasteiger partial charge in [0.15, 0.2) is 0 Å². The molecule has 0 radical (unpaired) electrons. The van der Waals surface area contributed by atoms with Gasteiger partial charge in [-0.1, -0.05) is 18.2 Å². The lowest BCUT2D eigenvalue weighted by molar-refractivity contribution is -0.137. The number of carbonyl (C=O) groups is 1. The van der Waals surface area contributed by atoms with Crippen molar-refractivity contribution in [1.29, 1.82) is 0 Å². The van der Waals surface area contributed by atoms with E-state index in [0.29, 0.717) is 5.92 Å². The smallest absolute Gasteiger partial charge is 0.325 e. The summed E-state index contributed by atoms with van der Waals surface area (Å²) in [6.45, 7) is 3.16. The van der Waals surface area contributed by atoms with Crippen molar-refractivity contribution in [3.63, 3.8) is 0 Å². The number of aliphatic carboxylic acids is 1. The molecule has 24 heavy (non-hydrogen) atoms. The Morgan fingerprint density at radius 3 is 2.92 bits per heavy atom. The van der Waals surface area contributed by atoms with Gasteiger partial charge in [-0.2, -0.15) is 5.10 Å². The largest absolute Gasteiger partial charge is 0.480 e. The fourth-order valence-electron chi connectivity index (χ4n) is 3.13. The molecule has 0 bridgehead atoms. The van der Waals surface area contributed by atoms with Crippen LogP contribution in [0.3, 0.4) is 0 Å². The van der Waals surface area contributed by atoms with Crippen molar-refractivity contribution in [2.24, 2.45) is 0 Å². The van der Waals surface area contributed by atoms with Crippen molar-refractivity contribution >= 4 is 17.7 Å². The topological polar surface area (TPSA) is 58.4 Å². The quantitative estimate of drug-likeness (QED) is 0.782. The highest BCUT2D eigenvalue weighted by Gasteiger charge is 2.23. The van der Waals surface area contributed by atoms with Crippen LogP contribution in [-0.4, -0.2) is 51.1 Å². The van der Waals surface area contributed by atoms with Gasteiger partial charge in [0.1, 0.15) is 6.54 Å². The maximum Gasteiger partial charge on any atom is 0.325 e. The molecule has 1 N–H and O–H groups in total. The maximum atomic E-state index is 10.8. The van der Waals surface area contributed by atoms with Gasteiger partial charge in [-0.25, -0.2) is 0 Å². The average molecular weight is 345 g/mol. The molecule has 128 valence electrons. The second-order valence-electron chi connectivity index (χ2n) is 6.13. The van der Waals surface area contributed by atoms with Gasteiger partial charge in [-0.15, -0.1) is 11.8 Å². The molecule has 6 heteroatoms. The second-order valence-corrected chi connectivity index (χ2v) is 7.30. The summed E-state index contributed by atoms with van der Waals surface area (Å²) in [4.78, 5) is 14.6. The number of piperidine rings is 1. The number of hydrogen-bond donors (Lipinski definition) is 1. The Morgan fingerprint density at radius 2 is 2.12 bits per heavy atom. The van der Waals surface area contributed by atoms with Crippen molar-refractivity contribution in [2.75, 3.05) is 25.4 Å². The zero-order valence-corrected chi connectivity index (χ0v) is 14.5. The Balaban J connectivity index is 1.49. The van der Waals surface area contributed by atoms with E-state index in [1.165, 1.54) is 16.0 Å². The molecule has 3 rings (SSSR count). The minimum Gasteiger partial charge on any atom is -0.480 e. The van der Waals surface area contributed by atoms with Crippen LogP contribution in [0, 0.1) is 0 Å². The molecule has 1 saturated heterocycles. The van der Waals surface area contributed by atoms with Crippen LogP contribution in [0.5, 0.6) is 0 Å². The Bertz CT molecular complexity index is 659. The normalized spacial score (nSPS) is 18.6. The third-order valence-corrected chi connectivity index (χ3v) is 5.29. The lowest BCUT2D eigenvalue weighted by Crippen LogP contribution is -2.36. The minimum absolute atomic E-state index is 0.0653. The molecule has 1 aliphatic rings. The monoisotopic (exact) mass is 345 g/mol. The zero-order valence-electron chi connectivity index (χ0n) is 13.7. The molecule has 0 amide bonds. The highest BCUT2D eigenvalue weighted by atomic mass is 32.2. The first-order chi connectivity index (χ1) is 11.7. The van der Waals surface area contributed by atoms with Crippen LogP contribution in [0.15, 0.2) is 47.5 Å². The van der Waals surface area contributed by atoms with Gasteiger partial charge in [-0.3, -0.25) is 9.48 Å². The molecule has 0 aliphatic carbocycles. The summed E-state index contributed by atoms with van der Waals surface area (Å²) in [5, 5.41) is 13.3. The summed E-state index contributed by atoms with van der Waals surface area (Å²) >= 11 is 1.90. The van der Waals surface area contributed by atoms with Gasteiger partial charge in [0.2, 0.25) is 0 Å². The van der Waals surface area contributed by atoms with Gasteiger partial charge < -0.3 is 10.0 Å². The first-order valence-corrected chi connectivity index (χ1v) is 9.34. The number of hydrogen-bond acceptors (Lipinski definition) is 4. The Morgan fingerprint density at radius 1 is 1.29 bits per heavy atom. The van der Waals surface area contributed by atoms with Crippen molar-refractivity contribution in [3.05, 3.63) is 48.3 Å². The number of aromatic nitrogens is 2. The van der Waals surface area contributed by atoms with Crippen LogP contribution < -0.4 is 0 Å². The van der Waals surface area contributed by atoms with Crippen LogP contribution in [-0.2, 0) is 11.3 Å². The predicted octanol–water partition coefficient (Wildman–Crippen LogP) is 2.94. The van der Waals surface area contributed by atoms with Gasteiger partial charge in [0.05, 0.1) is 5.69 Å². The van der Waals surface area contributed by atoms with E-state index in [9.17, 15) is 4.79 Å². The number of rotatable bonds is 7. The summed E-state index contributed by atoms with van der Waals surface area (Å²) in [7, 11) is 0. The molecule has 1 fully saturated rings. The summed E-state index contributed by atoms with van der Waals surface area (Å²) in [5.74, 6) is 0.646. The van der Waals surface area contributed by atoms with E-state index in [1.807, 2.05) is 23.9 Å². The third-order valence-electron chi connectivity index (χ3n) is 4.30. The molecule has 1 aromatic carbocycles. The maximum absolute atomic E-state index is 10.8. The molecule has 0 saturated carbocycles. The summed E-state index contributed by atoms with van der Waals surface area (Å²) in [6, 6.07) is 12.5. The zero-order chi connectivity index (χ0) is 16.8. The highest BCUT2D eigenvalue weighted by molar-refractivity contribution is 7.99. The van der Waals surface area contributed by atoms with E-state index in [4.69, 9.17) is 5.11 Å². The van der Waals surface area contributed by atoms with Gasteiger partial charge >= 0.3 is 5.97 Å². The Hall–Kier alpha value is -1.79. The molecule has 2 heterocycles. The Kier molecular flexibility index (Phi) is 5.93. The van der Waals surface area contributed by atoms with E-state index >= 15 is 0 Å². The van der Waals surface area contributed by atoms with E-state index < -0.39 is 5.97 Å². The van der Waals surface area contributed by atoms with Gasteiger partial charge in [0, 0.05) is 35.9 Å². The molecular formula is C18H23N3O2S. The van der Waals surface area contributed by atoms with Gasteiger partial charge in [0.25, 0.3) is 0 Å². The predicted molar refractivity (Wildman–Crippen MR) is 95.4 cm³/mol. The summed E-state index contributed by atoms with van der Waals surface area (Å²) in [5.41, 5.74) is 1.02. The fourth-order valence-corrected chi connectivity index (χ4v) is 4.07. The molecule has 2 aromatic rings. The first-order valence-electron chi connectivity index (χ1n) is 8.36. The fraction of sp³-hybridized carbons (Fsp3) is 0.444. The average Bonchev–Trinajstić information content (AvgIpc) is 3.04. The molecule has 5 nitrogen and oxygen atoms in total. The summed E-state index contributed by atoms with van der Waals surface area (Å²) < 4.78 is 1.52. The number of likely N-dealkylation sites (tertiary alicyclic amines) is 1. The van der Waals surface area contributed by atoms with E-state index in [1.54, 1.807) is 6.20 Å². The molecule has 0 spiro atoms. The number of nitrogens with zero attached hydrogens (tertiary/aromatic N) is 3. The van der Waals surface area contributed by atoms with E-state index in [-0.39, 0.29) is 6.54 Å². The third kappa shape index (κ3) is 4.85. The molecule has 1 aromatic heterocycles. The molecule has 1 unspecified atom stereocenters. The SMILES string of the molecule is O=C(O)Cn1ccc(C2CCCN(CCSc3ccccc3)C2)n1. The van der Waals surface area contributed by atoms with Crippen LogP contribution in [0.25, 0.3) is 0 Å². The standard InChI is InChI=1S/C18H23N3O2S/c22-18(23)14-21-10-8-17(19-21)15-5-4-9-20(13-15)11-12-24-16-6-2-1-3-7-16/h1-3,6-8,10,15H,4-5,9,11-14H2,(H,22,23). The van der Waals surface area contributed by atoms with Crippen LogP contribution >= 0.6 is 11.8 Å². The van der Waals surface area contributed by atoms with Crippen molar-refractivity contribution in [1.82, 2.24) is 14.7 Å². The minimum atomic E-state index is -0.854. The van der Waals surface area contributed by atoms with Crippen LogP contribution in [0.1, 0.15) is 24.5 Å². The number of benzene rings is 1. The van der Waals surface area contributed by atoms with Crippen LogP contribution in [0.4, 0.5) is 0 Å². The van der Waals surface area contributed by atoms with Gasteiger partial charge in [-0.05, 0) is 37.6 Å². The lowest BCUT2D eigenvalue weighted by atomic mass is 9.95. The van der Waals surface area contributed by atoms with Crippen molar-refractivity contribution in [2.45, 2.75) is 30.2 Å². The van der Waals surface area contributed by atoms with E-state index in [0.717, 1.165) is 37.5 Å². The van der Waals surface area contributed by atoms with Crippen molar-refractivity contribution < 1.29 is 9.90 Å². The number of carboxylic acids is 1.